The largest absolute Gasteiger partial charge is 0.457 e. The van der Waals surface area contributed by atoms with Gasteiger partial charge in [-0.05, 0) is 60.4 Å². The summed E-state index contributed by atoms with van der Waals surface area (Å²) in [5.41, 5.74) is 1.38. The van der Waals surface area contributed by atoms with E-state index < -0.39 is 0 Å². The lowest BCUT2D eigenvalue weighted by molar-refractivity contribution is 0.482. The van der Waals surface area contributed by atoms with Crippen molar-refractivity contribution < 1.29 is 4.74 Å². The van der Waals surface area contributed by atoms with Gasteiger partial charge in [-0.2, -0.15) is 0 Å². The lowest BCUT2D eigenvalue weighted by Crippen LogP contribution is -1.98. The smallest absolute Gasteiger partial charge is 0.127 e. The van der Waals surface area contributed by atoms with Gasteiger partial charge in [-0.3, -0.25) is 0 Å². The minimum absolute atomic E-state index is 0.513. The Bertz CT molecular complexity index is 597. The molecular weight excluding hydrogens is 324 g/mol. The number of hydrogen-bond acceptors (Lipinski definition) is 1. The predicted octanol–water partition coefficient (Wildman–Crippen LogP) is 5.96. The van der Waals surface area contributed by atoms with Crippen molar-refractivity contribution in [3.05, 3.63) is 60.2 Å². The molecule has 2 aliphatic rings. The van der Waals surface area contributed by atoms with Gasteiger partial charge in [0.1, 0.15) is 11.5 Å². The molecule has 3 atom stereocenters. The van der Waals surface area contributed by atoms with Crippen LogP contribution in [0.4, 0.5) is 0 Å². The molecule has 0 amide bonds. The summed E-state index contributed by atoms with van der Waals surface area (Å²) in [7, 11) is 0. The van der Waals surface area contributed by atoms with E-state index in [0.717, 1.165) is 29.3 Å². The first-order valence-corrected chi connectivity index (χ1v) is 8.71. The van der Waals surface area contributed by atoms with E-state index in [1.54, 1.807) is 0 Å². The Labute approximate surface area is 134 Å². The van der Waals surface area contributed by atoms with Gasteiger partial charge in [-0.15, -0.1) is 0 Å². The average molecular weight is 343 g/mol. The van der Waals surface area contributed by atoms with Crippen molar-refractivity contribution >= 4 is 15.9 Å². The van der Waals surface area contributed by atoms with Gasteiger partial charge in [-0.25, -0.2) is 0 Å². The molecule has 2 fully saturated rings. The van der Waals surface area contributed by atoms with E-state index in [1.807, 2.05) is 30.3 Å². The summed E-state index contributed by atoms with van der Waals surface area (Å²) in [5.74, 6) is 4.61. The minimum Gasteiger partial charge on any atom is -0.457 e. The zero-order valence-corrected chi connectivity index (χ0v) is 13.5. The van der Waals surface area contributed by atoms with Crippen LogP contribution in [-0.4, -0.2) is 0 Å². The van der Waals surface area contributed by atoms with Crippen molar-refractivity contribution in [3.8, 4) is 11.5 Å². The molecule has 3 unspecified atom stereocenters. The Morgan fingerprint density at radius 1 is 0.857 bits per heavy atom. The van der Waals surface area contributed by atoms with Crippen LogP contribution in [0.15, 0.2) is 54.6 Å². The zero-order chi connectivity index (χ0) is 14.2. The van der Waals surface area contributed by atoms with Crippen LogP contribution in [-0.2, 0) is 0 Å². The van der Waals surface area contributed by atoms with Crippen LogP contribution in [0.1, 0.15) is 29.7 Å². The third kappa shape index (κ3) is 2.62. The number of rotatable bonds is 4. The lowest BCUT2D eigenvalue weighted by Gasteiger charge is -2.13. The molecule has 0 aliphatic heterocycles. The molecule has 0 heterocycles. The highest BCUT2D eigenvalue weighted by molar-refractivity contribution is 9.09. The van der Waals surface area contributed by atoms with Gasteiger partial charge in [0.15, 0.2) is 0 Å². The third-order valence-electron chi connectivity index (χ3n) is 4.99. The first-order valence-electron chi connectivity index (χ1n) is 7.80. The summed E-state index contributed by atoms with van der Waals surface area (Å²) >= 11 is 3.92. The number of benzene rings is 2. The highest BCUT2D eigenvalue weighted by Gasteiger charge is 2.55. The maximum Gasteiger partial charge on any atom is 0.127 e. The SMILES string of the molecule is BrC(c1ccc(Oc2ccccc2)cc1)C1C2CCCC21. The van der Waals surface area contributed by atoms with Crippen LogP contribution in [0.25, 0.3) is 0 Å². The average Bonchev–Trinajstić information content (AvgIpc) is 3.00. The maximum absolute atomic E-state index is 5.85. The molecule has 2 heteroatoms. The van der Waals surface area contributed by atoms with Crippen LogP contribution in [0.2, 0.25) is 0 Å². The second-order valence-electron chi connectivity index (χ2n) is 6.22. The molecular formula is C19H19BrO. The highest BCUT2D eigenvalue weighted by Crippen LogP contribution is 2.64. The number of alkyl halides is 1. The maximum atomic E-state index is 5.85. The van der Waals surface area contributed by atoms with E-state index >= 15 is 0 Å². The van der Waals surface area contributed by atoms with Crippen molar-refractivity contribution in [1.82, 2.24) is 0 Å². The molecule has 2 aromatic rings. The van der Waals surface area contributed by atoms with Gasteiger partial charge in [0.2, 0.25) is 0 Å². The quantitative estimate of drug-likeness (QED) is 0.622. The van der Waals surface area contributed by atoms with Crippen LogP contribution >= 0.6 is 15.9 Å². The summed E-state index contributed by atoms with van der Waals surface area (Å²) in [5, 5.41) is 0. The molecule has 21 heavy (non-hydrogen) atoms. The summed E-state index contributed by atoms with van der Waals surface area (Å²) in [6.45, 7) is 0. The zero-order valence-electron chi connectivity index (χ0n) is 11.9. The molecule has 0 radical (unpaired) electrons. The number of para-hydroxylation sites is 1. The molecule has 1 nitrogen and oxygen atoms in total. The normalized spacial score (nSPS) is 28.0. The number of halogens is 1. The van der Waals surface area contributed by atoms with Crippen LogP contribution < -0.4 is 4.74 Å². The van der Waals surface area contributed by atoms with Crippen molar-refractivity contribution in [2.75, 3.05) is 0 Å². The van der Waals surface area contributed by atoms with Gasteiger partial charge in [0.05, 0.1) is 0 Å². The first-order chi connectivity index (χ1) is 10.3. The molecule has 2 aliphatic carbocycles. The van der Waals surface area contributed by atoms with Crippen LogP contribution in [0.3, 0.4) is 0 Å². The van der Waals surface area contributed by atoms with E-state index in [2.05, 4.69) is 40.2 Å². The first kappa shape index (κ1) is 13.4. The number of ether oxygens (including phenoxy) is 1. The van der Waals surface area contributed by atoms with Gasteiger partial charge in [0, 0.05) is 4.83 Å². The van der Waals surface area contributed by atoms with E-state index in [-0.39, 0.29) is 0 Å². The predicted molar refractivity (Wildman–Crippen MR) is 88.9 cm³/mol. The summed E-state index contributed by atoms with van der Waals surface area (Å²) < 4.78 is 5.85. The number of fused-ring (bicyclic) bond motifs is 1. The fraction of sp³-hybridized carbons (Fsp3) is 0.368. The number of hydrogen-bond donors (Lipinski definition) is 0. The van der Waals surface area contributed by atoms with E-state index in [1.165, 1.54) is 24.8 Å². The van der Waals surface area contributed by atoms with E-state index in [4.69, 9.17) is 4.74 Å². The van der Waals surface area contributed by atoms with Gasteiger partial charge in [0.25, 0.3) is 0 Å². The molecule has 2 aromatic carbocycles. The molecule has 2 saturated carbocycles. The monoisotopic (exact) mass is 342 g/mol. The van der Waals surface area contributed by atoms with Crippen LogP contribution in [0, 0.1) is 17.8 Å². The molecule has 0 aromatic heterocycles. The van der Waals surface area contributed by atoms with Gasteiger partial charge in [-0.1, -0.05) is 52.7 Å². The lowest BCUT2D eigenvalue weighted by atomic mass is 10.0. The van der Waals surface area contributed by atoms with Crippen molar-refractivity contribution in [3.63, 3.8) is 0 Å². The van der Waals surface area contributed by atoms with Crippen molar-refractivity contribution in [1.29, 1.82) is 0 Å². The van der Waals surface area contributed by atoms with E-state index in [9.17, 15) is 0 Å². The molecule has 0 N–H and O–H groups in total. The summed E-state index contributed by atoms with van der Waals surface area (Å²) in [6, 6.07) is 18.5. The van der Waals surface area contributed by atoms with Crippen LogP contribution in [0.5, 0.6) is 11.5 Å². The van der Waals surface area contributed by atoms with Crippen molar-refractivity contribution in [2.24, 2.45) is 17.8 Å². The molecule has 108 valence electrons. The fourth-order valence-corrected chi connectivity index (χ4v) is 4.97. The highest BCUT2D eigenvalue weighted by atomic mass is 79.9. The minimum atomic E-state index is 0.513. The Kier molecular flexibility index (Phi) is 3.50. The third-order valence-corrected chi connectivity index (χ3v) is 6.13. The van der Waals surface area contributed by atoms with E-state index in [0.29, 0.717) is 4.83 Å². The van der Waals surface area contributed by atoms with Crippen molar-refractivity contribution in [2.45, 2.75) is 24.1 Å². The summed E-state index contributed by atoms with van der Waals surface area (Å²) in [6.07, 6.45) is 4.31. The second kappa shape index (κ2) is 5.49. The Morgan fingerprint density at radius 3 is 2.14 bits per heavy atom. The standard InChI is InChI=1S/C19H19BrO/c20-19(18-16-7-4-8-17(16)18)13-9-11-15(12-10-13)21-14-5-2-1-3-6-14/h1-3,5-6,9-12,16-19H,4,7-8H2. The van der Waals surface area contributed by atoms with Gasteiger partial charge < -0.3 is 4.74 Å². The topological polar surface area (TPSA) is 9.23 Å². The Balaban J connectivity index is 1.44. The fourth-order valence-electron chi connectivity index (χ4n) is 3.88. The Hall–Kier alpha value is -1.28. The molecule has 4 rings (SSSR count). The Morgan fingerprint density at radius 2 is 1.48 bits per heavy atom. The molecule has 0 bridgehead atoms. The van der Waals surface area contributed by atoms with Gasteiger partial charge >= 0.3 is 0 Å². The molecule has 0 spiro atoms. The molecule has 0 saturated heterocycles. The summed E-state index contributed by atoms with van der Waals surface area (Å²) in [4.78, 5) is 0.513. The second-order valence-corrected chi connectivity index (χ2v) is 7.21.